The first-order valence-electron chi connectivity index (χ1n) is 5.72. The Kier molecular flexibility index (Phi) is 5.51. The molecular formula is C12H14F3N3O2. The number of para-hydroxylation sites is 1. The van der Waals surface area contributed by atoms with E-state index in [0.29, 0.717) is 0 Å². The predicted octanol–water partition coefficient (Wildman–Crippen LogP) is 1.14. The minimum Gasteiger partial charge on any atom is -0.355 e. The Morgan fingerprint density at radius 1 is 1.20 bits per heavy atom. The summed E-state index contributed by atoms with van der Waals surface area (Å²) in [7, 11) is 1.44. The lowest BCUT2D eigenvalue weighted by Crippen LogP contribution is -2.35. The van der Waals surface area contributed by atoms with Crippen LogP contribution in [0.25, 0.3) is 0 Å². The van der Waals surface area contributed by atoms with Gasteiger partial charge in [-0.3, -0.25) is 9.59 Å². The van der Waals surface area contributed by atoms with Gasteiger partial charge >= 0.3 is 6.18 Å². The fourth-order valence-electron chi connectivity index (χ4n) is 1.44. The number of rotatable bonds is 5. The Hall–Kier alpha value is -2.09. The summed E-state index contributed by atoms with van der Waals surface area (Å²) < 4.78 is 35.7. The molecule has 0 spiro atoms. The number of carbonyl (C=O) groups excluding carboxylic acids is 2. The molecule has 0 unspecified atom stereocenters. The van der Waals surface area contributed by atoms with E-state index in [1.165, 1.54) is 19.2 Å². The zero-order valence-electron chi connectivity index (χ0n) is 10.7. The number of hydrogen-bond acceptors (Lipinski definition) is 3. The van der Waals surface area contributed by atoms with E-state index in [1.54, 1.807) is 12.1 Å². The molecule has 110 valence electrons. The van der Waals surface area contributed by atoms with Gasteiger partial charge < -0.3 is 16.0 Å². The van der Waals surface area contributed by atoms with Crippen molar-refractivity contribution in [1.29, 1.82) is 0 Å². The van der Waals surface area contributed by atoms with E-state index in [4.69, 9.17) is 0 Å². The molecule has 0 aromatic heterocycles. The lowest BCUT2D eigenvalue weighted by Gasteiger charge is -2.11. The molecule has 1 aromatic rings. The number of hydrogen-bond donors (Lipinski definition) is 3. The second kappa shape index (κ2) is 6.90. The first-order valence-corrected chi connectivity index (χ1v) is 5.72. The van der Waals surface area contributed by atoms with Crippen LogP contribution in [-0.4, -0.2) is 38.1 Å². The van der Waals surface area contributed by atoms with Gasteiger partial charge in [-0.15, -0.1) is 0 Å². The highest BCUT2D eigenvalue weighted by Crippen LogP contribution is 2.15. The fourth-order valence-corrected chi connectivity index (χ4v) is 1.44. The largest absolute Gasteiger partial charge is 0.401 e. The van der Waals surface area contributed by atoms with Crippen molar-refractivity contribution in [3.63, 3.8) is 0 Å². The number of benzene rings is 1. The first kappa shape index (κ1) is 16.0. The molecule has 20 heavy (non-hydrogen) atoms. The van der Waals surface area contributed by atoms with Gasteiger partial charge in [-0.05, 0) is 12.1 Å². The summed E-state index contributed by atoms with van der Waals surface area (Å²) in [6.45, 7) is -1.75. The van der Waals surface area contributed by atoms with Crippen molar-refractivity contribution in [1.82, 2.24) is 10.6 Å². The number of nitrogens with one attached hydrogen (secondary N) is 3. The minimum absolute atomic E-state index is 0.235. The van der Waals surface area contributed by atoms with Crippen LogP contribution < -0.4 is 16.0 Å². The summed E-state index contributed by atoms with van der Waals surface area (Å²) in [6.07, 6.45) is -4.37. The monoisotopic (exact) mass is 289 g/mol. The van der Waals surface area contributed by atoms with E-state index in [0.717, 1.165) is 0 Å². The van der Waals surface area contributed by atoms with Crippen LogP contribution in [0, 0.1) is 0 Å². The van der Waals surface area contributed by atoms with Crippen molar-refractivity contribution >= 4 is 17.5 Å². The SMILES string of the molecule is CNC(=O)c1ccccc1NC(=O)CNCC(F)(F)F. The molecule has 0 saturated heterocycles. The molecule has 0 aliphatic rings. The van der Waals surface area contributed by atoms with Gasteiger partial charge in [-0.1, -0.05) is 12.1 Å². The van der Waals surface area contributed by atoms with Crippen LogP contribution in [0.3, 0.4) is 0 Å². The van der Waals surface area contributed by atoms with Gasteiger partial charge in [0.2, 0.25) is 5.91 Å². The number of carbonyl (C=O) groups is 2. The lowest BCUT2D eigenvalue weighted by molar-refractivity contribution is -0.126. The number of alkyl halides is 3. The molecule has 0 bridgehead atoms. The maximum atomic E-state index is 11.9. The second-order valence-corrected chi connectivity index (χ2v) is 3.89. The van der Waals surface area contributed by atoms with Crippen molar-refractivity contribution in [2.24, 2.45) is 0 Å². The molecule has 1 rings (SSSR count). The normalized spacial score (nSPS) is 11.0. The fraction of sp³-hybridized carbons (Fsp3) is 0.333. The molecule has 1 aromatic carbocycles. The Balaban J connectivity index is 2.60. The van der Waals surface area contributed by atoms with E-state index in [1.807, 2.05) is 5.32 Å². The molecule has 2 amide bonds. The Morgan fingerprint density at radius 2 is 1.85 bits per heavy atom. The topological polar surface area (TPSA) is 70.2 Å². The first-order chi connectivity index (χ1) is 9.33. The smallest absolute Gasteiger partial charge is 0.355 e. The third-order valence-corrected chi connectivity index (χ3v) is 2.28. The summed E-state index contributed by atoms with van der Waals surface area (Å²) in [5, 5.41) is 6.76. The second-order valence-electron chi connectivity index (χ2n) is 3.89. The van der Waals surface area contributed by atoms with E-state index in [-0.39, 0.29) is 11.3 Å². The standard InChI is InChI=1S/C12H14F3N3O2/c1-16-11(20)8-4-2-3-5-9(8)18-10(19)6-17-7-12(13,14)15/h2-5,17H,6-7H2,1H3,(H,16,20)(H,18,19). The van der Waals surface area contributed by atoms with Crippen molar-refractivity contribution < 1.29 is 22.8 Å². The van der Waals surface area contributed by atoms with Crippen LogP contribution in [-0.2, 0) is 4.79 Å². The Bertz CT molecular complexity index is 489. The highest BCUT2D eigenvalue weighted by molar-refractivity contribution is 6.03. The highest BCUT2D eigenvalue weighted by Gasteiger charge is 2.26. The maximum absolute atomic E-state index is 11.9. The van der Waals surface area contributed by atoms with Crippen LogP contribution in [0.2, 0.25) is 0 Å². The average Bonchev–Trinajstić information content (AvgIpc) is 2.37. The molecule has 8 heteroatoms. The number of halogens is 3. The van der Waals surface area contributed by atoms with Crippen LogP contribution in [0.15, 0.2) is 24.3 Å². The zero-order valence-corrected chi connectivity index (χ0v) is 10.7. The summed E-state index contributed by atoms with van der Waals surface area (Å²) in [6, 6.07) is 6.21. The molecule has 0 fully saturated rings. The summed E-state index contributed by atoms with van der Waals surface area (Å²) in [5.74, 6) is -1.06. The van der Waals surface area contributed by atoms with Gasteiger partial charge in [0, 0.05) is 7.05 Å². The molecule has 0 radical (unpaired) electrons. The molecule has 0 aliphatic heterocycles. The van der Waals surface area contributed by atoms with E-state index < -0.39 is 31.1 Å². The van der Waals surface area contributed by atoms with E-state index >= 15 is 0 Å². The van der Waals surface area contributed by atoms with Crippen LogP contribution in [0.1, 0.15) is 10.4 Å². The lowest BCUT2D eigenvalue weighted by atomic mass is 10.1. The highest BCUT2D eigenvalue weighted by atomic mass is 19.4. The van der Waals surface area contributed by atoms with Crippen molar-refractivity contribution in [2.75, 3.05) is 25.5 Å². The minimum atomic E-state index is -4.37. The third-order valence-electron chi connectivity index (χ3n) is 2.28. The molecular weight excluding hydrogens is 275 g/mol. The van der Waals surface area contributed by atoms with Gasteiger partial charge in [-0.2, -0.15) is 13.2 Å². The molecule has 0 saturated carbocycles. The van der Waals surface area contributed by atoms with Gasteiger partial charge in [0.15, 0.2) is 0 Å². The molecule has 0 atom stereocenters. The summed E-state index contributed by atoms with van der Waals surface area (Å²) >= 11 is 0. The van der Waals surface area contributed by atoms with Crippen LogP contribution in [0.4, 0.5) is 18.9 Å². The van der Waals surface area contributed by atoms with Gasteiger partial charge in [0.1, 0.15) is 0 Å². The van der Waals surface area contributed by atoms with Crippen LogP contribution in [0.5, 0.6) is 0 Å². The van der Waals surface area contributed by atoms with Crippen molar-refractivity contribution in [3.8, 4) is 0 Å². The number of amides is 2. The van der Waals surface area contributed by atoms with Gasteiger partial charge in [0.25, 0.3) is 5.91 Å². The molecule has 0 aliphatic carbocycles. The summed E-state index contributed by atoms with van der Waals surface area (Å²) in [4.78, 5) is 23.0. The molecule has 3 N–H and O–H groups in total. The van der Waals surface area contributed by atoms with Gasteiger partial charge in [0.05, 0.1) is 24.3 Å². The van der Waals surface area contributed by atoms with Gasteiger partial charge in [-0.25, -0.2) is 0 Å². The van der Waals surface area contributed by atoms with E-state index in [9.17, 15) is 22.8 Å². The molecule has 5 nitrogen and oxygen atoms in total. The Morgan fingerprint density at radius 3 is 2.45 bits per heavy atom. The number of anilines is 1. The summed E-state index contributed by atoms with van der Waals surface area (Å²) in [5.41, 5.74) is 0.477. The average molecular weight is 289 g/mol. The zero-order chi connectivity index (χ0) is 15.2. The van der Waals surface area contributed by atoms with Crippen LogP contribution >= 0.6 is 0 Å². The maximum Gasteiger partial charge on any atom is 0.401 e. The third kappa shape index (κ3) is 5.27. The van der Waals surface area contributed by atoms with E-state index in [2.05, 4.69) is 10.6 Å². The van der Waals surface area contributed by atoms with Crippen molar-refractivity contribution in [3.05, 3.63) is 29.8 Å². The quantitative estimate of drug-likeness (QED) is 0.761. The predicted molar refractivity (Wildman–Crippen MR) is 67.4 cm³/mol. The Labute approximate surface area is 113 Å². The van der Waals surface area contributed by atoms with Crippen molar-refractivity contribution in [2.45, 2.75) is 6.18 Å². The molecule has 0 heterocycles.